The summed E-state index contributed by atoms with van der Waals surface area (Å²) in [7, 11) is 0. The Morgan fingerprint density at radius 1 is 1.25 bits per heavy atom. The monoisotopic (exact) mass is 639 g/mol. The summed E-state index contributed by atoms with van der Waals surface area (Å²) in [6.45, 7) is 3.65. The van der Waals surface area contributed by atoms with Gasteiger partial charge in [0.25, 0.3) is 11.2 Å². The average Bonchev–Trinajstić information content (AvgIpc) is 3.52. The van der Waals surface area contributed by atoms with Crippen LogP contribution in [0.15, 0.2) is 89.4 Å². The number of thioether (sulfide) groups is 1. The number of ether oxygens (including phenoxy) is 1. The summed E-state index contributed by atoms with van der Waals surface area (Å²) in [5, 5.41) is 11.6. The summed E-state index contributed by atoms with van der Waals surface area (Å²) in [6, 6.07) is 14.9. The highest BCUT2D eigenvalue weighted by atomic mass is 79.9. The van der Waals surface area contributed by atoms with Gasteiger partial charge in [-0.25, -0.2) is 9.79 Å². The predicted octanol–water partition coefficient (Wildman–Crippen LogP) is 5.45. The van der Waals surface area contributed by atoms with Gasteiger partial charge in [-0.15, -0.1) is 11.8 Å². The van der Waals surface area contributed by atoms with Crippen molar-refractivity contribution in [1.29, 1.82) is 0 Å². The van der Waals surface area contributed by atoms with Gasteiger partial charge in [-0.1, -0.05) is 39.4 Å². The quantitative estimate of drug-likeness (QED) is 0.114. The molecule has 1 aliphatic heterocycles. The molecular formula is C28H22BrN3O6S2. The van der Waals surface area contributed by atoms with Crippen LogP contribution in [0.3, 0.4) is 0 Å². The molecule has 0 amide bonds. The normalized spacial score (nSPS) is 15.1. The van der Waals surface area contributed by atoms with Gasteiger partial charge in [0, 0.05) is 21.5 Å². The molecule has 0 radical (unpaired) electrons. The third-order valence-corrected chi connectivity index (χ3v) is 8.49. The van der Waals surface area contributed by atoms with Crippen molar-refractivity contribution in [2.24, 2.45) is 4.99 Å². The topological polar surface area (TPSA) is 117 Å². The minimum Gasteiger partial charge on any atom is -0.463 e. The van der Waals surface area contributed by atoms with E-state index >= 15 is 0 Å². The highest BCUT2D eigenvalue weighted by Gasteiger charge is 2.33. The molecule has 0 spiro atoms. The number of fused-ring (bicyclic) bond motifs is 1. The van der Waals surface area contributed by atoms with Crippen LogP contribution in [-0.2, 0) is 9.53 Å². The van der Waals surface area contributed by atoms with E-state index in [9.17, 15) is 19.7 Å². The van der Waals surface area contributed by atoms with Crippen LogP contribution in [0.25, 0.3) is 17.4 Å². The summed E-state index contributed by atoms with van der Waals surface area (Å²) in [5.41, 5.74) is 1.41. The average molecular weight is 641 g/mol. The minimum absolute atomic E-state index is 0.107. The molecule has 2 aromatic carbocycles. The van der Waals surface area contributed by atoms with Crippen LogP contribution in [-0.4, -0.2) is 28.3 Å². The predicted molar refractivity (Wildman–Crippen MR) is 157 cm³/mol. The summed E-state index contributed by atoms with van der Waals surface area (Å²) in [4.78, 5) is 44.0. The number of carbonyl (C=O) groups excluding carboxylic acids is 1. The number of carbonyl (C=O) groups is 1. The molecule has 40 heavy (non-hydrogen) atoms. The van der Waals surface area contributed by atoms with Gasteiger partial charge in [-0.05, 0) is 62.1 Å². The Morgan fingerprint density at radius 2 is 2.00 bits per heavy atom. The summed E-state index contributed by atoms with van der Waals surface area (Å²) < 4.78 is 13.7. The molecule has 0 fully saturated rings. The molecule has 0 aliphatic carbocycles. The molecule has 9 nitrogen and oxygen atoms in total. The van der Waals surface area contributed by atoms with E-state index in [1.54, 1.807) is 56.0 Å². The summed E-state index contributed by atoms with van der Waals surface area (Å²) >= 11 is 6.02. The van der Waals surface area contributed by atoms with Crippen LogP contribution in [0.4, 0.5) is 5.69 Å². The molecule has 0 saturated heterocycles. The largest absolute Gasteiger partial charge is 0.463 e. The van der Waals surface area contributed by atoms with Crippen molar-refractivity contribution in [1.82, 2.24) is 4.57 Å². The van der Waals surface area contributed by atoms with E-state index in [0.29, 0.717) is 42.2 Å². The van der Waals surface area contributed by atoms with Crippen molar-refractivity contribution >= 4 is 56.8 Å². The molecule has 12 heteroatoms. The smallest absolute Gasteiger partial charge is 0.338 e. The van der Waals surface area contributed by atoms with Gasteiger partial charge >= 0.3 is 5.97 Å². The highest BCUT2D eigenvalue weighted by molar-refractivity contribution is 9.10. The Morgan fingerprint density at radius 3 is 2.67 bits per heavy atom. The third-order valence-electron chi connectivity index (χ3n) is 6.27. The van der Waals surface area contributed by atoms with Gasteiger partial charge in [0.15, 0.2) is 4.80 Å². The molecule has 4 aromatic rings. The zero-order chi connectivity index (χ0) is 28.6. The fraction of sp³-hybridized carbons (Fsp3) is 0.179. The summed E-state index contributed by atoms with van der Waals surface area (Å²) in [6.07, 6.45) is 3.55. The number of benzene rings is 2. The maximum atomic E-state index is 13.8. The Labute approximate surface area is 244 Å². The van der Waals surface area contributed by atoms with Crippen LogP contribution >= 0.6 is 39.0 Å². The van der Waals surface area contributed by atoms with Crippen LogP contribution < -0.4 is 14.9 Å². The van der Waals surface area contributed by atoms with E-state index < -0.39 is 16.9 Å². The van der Waals surface area contributed by atoms with Gasteiger partial charge < -0.3 is 9.15 Å². The second-order valence-electron chi connectivity index (χ2n) is 8.70. The molecule has 0 saturated carbocycles. The lowest BCUT2D eigenvalue weighted by molar-refractivity contribution is -0.384. The van der Waals surface area contributed by atoms with Gasteiger partial charge in [0.1, 0.15) is 11.5 Å². The first-order valence-electron chi connectivity index (χ1n) is 12.1. The lowest BCUT2D eigenvalue weighted by Crippen LogP contribution is -2.39. The van der Waals surface area contributed by atoms with Crippen molar-refractivity contribution in [3.63, 3.8) is 0 Å². The number of hydrogen-bond acceptors (Lipinski definition) is 9. The van der Waals surface area contributed by atoms with E-state index in [1.165, 1.54) is 22.0 Å². The van der Waals surface area contributed by atoms with Gasteiger partial charge in [0.2, 0.25) is 0 Å². The molecule has 2 aromatic heterocycles. The molecule has 0 N–H and O–H groups in total. The number of furan rings is 1. The van der Waals surface area contributed by atoms with Crippen LogP contribution in [0.2, 0.25) is 0 Å². The van der Waals surface area contributed by atoms with Crippen LogP contribution in [0.1, 0.15) is 31.2 Å². The first kappa shape index (κ1) is 27.8. The number of esters is 1. The Kier molecular flexibility index (Phi) is 7.92. The number of aromatic nitrogens is 1. The number of allylic oxidation sites excluding steroid dienone is 1. The first-order chi connectivity index (χ1) is 19.2. The number of nitrogens with zero attached hydrogens (tertiary/aromatic N) is 3. The number of nitro groups is 1. The SMILES string of the molecule is CCOC(=O)C1=C(C)N=c2s/c(=C\c3ccc(-c4ccc(Br)cc4[N+](=O)[O-])o3)c(=O)n2[C@H]1c1ccc(SC)cc1. The van der Waals surface area contributed by atoms with Crippen molar-refractivity contribution in [2.45, 2.75) is 24.8 Å². The zero-order valence-electron chi connectivity index (χ0n) is 21.5. The van der Waals surface area contributed by atoms with E-state index in [-0.39, 0.29) is 17.9 Å². The van der Waals surface area contributed by atoms with Crippen molar-refractivity contribution < 1.29 is 18.9 Å². The van der Waals surface area contributed by atoms with Crippen molar-refractivity contribution in [3.8, 4) is 11.3 Å². The van der Waals surface area contributed by atoms with E-state index in [0.717, 1.165) is 10.5 Å². The molecular weight excluding hydrogens is 618 g/mol. The number of halogens is 1. The highest BCUT2D eigenvalue weighted by Crippen LogP contribution is 2.34. The van der Waals surface area contributed by atoms with E-state index in [4.69, 9.17) is 9.15 Å². The standard InChI is InChI=1S/C28H22BrN3O6S2/c1-4-37-27(34)24-15(2)30-28-31(25(24)16-5-9-19(39-3)10-6-16)26(33)23(40-28)14-18-8-12-22(38-18)20-11-7-17(29)13-21(20)32(35)36/h5-14,25H,4H2,1-3H3/b23-14-/t25-/m0/s1. The molecule has 5 rings (SSSR count). The number of rotatable bonds is 7. The number of hydrogen-bond donors (Lipinski definition) is 0. The van der Waals surface area contributed by atoms with Gasteiger partial charge in [-0.3, -0.25) is 19.5 Å². The van der Waals surface area contributed by atoms with Crippen molar-refractivity contribution in [2.75, 3.05) is 12.9 Å². The molecule has 1 atom stereocenters. The molecule has 3 heterocycles. The van der Waals surface area contributed by atoms with Crippen molar-refractivity contribution in [3.05, 3.63) is 111 Å². The second kappa shape index (κ2) is 11.4. The maximum Gasteiger partial charge on any atom is 0.338 e. The Hall–Kier alpha value is -3.74. The molecule has 204 valence electrons. The maximum absolute atomic E-state index is 13.8. The Bertz CT molecular complexity index is 1850. The Balaban J connectivity index is 1.63. The fourth-order valence-electron chi connectivity index (χ4n) is 4.46. The minimum atomic E-state index is -0.717. The molecule has 0 bridgehead atoms. The first-order valence-corrected chi connectivity index (χ1v) is 14.9. The lowest BCUT2D eigenvalue weighted by Gasteiger charge is -2.24. The summed E-state index contributed by atoms with van der Waals surface area (Å²) in [5.74, 6) is 0.119. The second-order valence-corrected chi connectivity index (χ2v) is 11.5. The lowest BCUT2D eigenvalue weighted by atomic mass is 9.96. The van der Waals surface area contributed by atoms with E-state index in [1.807, 2.05) is 30.5 Å². The third kappa shape index (κ3) is 5.21. The molecule has 1 aliphatic rings. The van der Waals surface area contributed by atoms with Gasteiger partial charge in [0.05, 0.1) is 38.9 Å². The van der Waals surface area contributed by atoms with E-state index in [2.05, 4.69) is 20.9 Å². The fourth-order valence-corrected chi connectivity index (χ4v) is 6.25. The zero-order valence-corrected chi connectivity index (χ0v) is 24.8. The number of thiazole rings is 1. The van der Waals surface area contributed by atoms with Crippen LogP contribution in [0, 0.1) is 10.1 Å². The molecule has 0 unspecified atom stereocenters. The van der Waals surface area contributed by atoms with Gasteiger partial charge in [-0.2, -0.15) is 0 Å². The number of nitro benzene ring substituents is 1. The van der Waals surface area contributed by atoms with Crippen LogP contribution in [0.5, 0.6) is 0 Å².